The van der Waals surface area contributed by atoms with E-state index in [4.69, 9.17) is 4.74 Å². The first-order chi connectivity index (χ1) is 10.3. The Morgan fingerprint density at radius 2 is 2.24 bits per heavy atom. The summed E-state index contributed by atoms with van der Waals surface area (Å²) in [7, 11) is 1.67. The van der Waals surface area contributed by atoms with Gasteiger partial charge in [0.1, 0.15) is 5.75 Å². The first-order valence-corrected chi connectivity index (χ1v) is 8.26. The summed E-state index contributed by atoms with van der Waals surface area (Å²) >= 11 is 3.33. The van der Waals surface area contributed by atoms with Crippen LogP contribution in [0.25, 0.3) is 0 Å². The van der Waals surface area contributed by atoms with Gasteiger partial charge in [-0.1, -0.05) is 30.0 Å². The Kier molecular flexibility index (Phi) is 4.52. The lowest BCUT2D eigenvalue weighted by Gasteiger charge is -2.05. The van der Waals surface area contributed by atoms with Crippen molar-refractivity contribution in [1.82, 2.24) is 20.2 Å². The molecule has 0 aliphatic rings. The summed E-state index contributed by atoms with van der Waals surface area (Å²) in [6.45, 7) is 0.713. The number of thioether (sulfide) groups is 1. The van der Waals surface area contributed by atoms with Gasteiger partial charge >= 0.3 is 0 Å². The predicted octanol–water partition coefficient (Wildman–Crippen LogP) is 3.08. The van der Waals surface area contributed by atoms with Crippen LogP contribution in [0.4, 0.5) is 0 Å². The molecule has 0 spiro atoms. The number of hydrogen-bond acceptors (Lipinski definition) is 6. The van der Waals surface area contributed by atoms with Gasteiger partial charge in [-0.25, -0.2) is 4.68 Å². The zero-order valence-electron chi connectivity index (χ0n) is 11.5. The fraction of sp³-hybridized carbons (Fsp3) is 0.214. The summed E-state index contributed by atoms with van der Waals surface area (Å²) in [5, 5.41) is 14.8. The summed E-state index contributed by atoms with van der Waals surface area (Å²) in [4.78, 5) is 1.24. The molecule has 0 fully saturated rings. The standard InChI is InChI=1S/C14H14N4OS2/c1-19-12-5-2-4-11(8-12)10-21-14-15-16-17-18(14)9-13-6-3-7-20-13/h2-8H,9-10H2,1H3. The molecule has 5 nitrogen and oxygen atoms in total. The van der Waals surface area contributed by atoms with Gasteiger partial charge in [0.15, 0.2) is 0 Å². The summed E-state index contributed by atoms with van der Waals surface area (Å²) in [5.74, 6) is 1.67. The Morgan fingerprint density at radius 1 is 1.29 bits per heavy atom. The lowest BCUT2D eigenvalue weighted by molar-refractivity contribution is 0.414. The van der Waals surface area contributed by atoms with Gasteiger partial charge in [-0.05, 0) is 39.6 Å². The molecule has 0 radical (unpaired) electrons. The molecular weight excluding hydrogens is 304 g/mol. The van der Waals surface area contributed by atoms with Crippen molar-refractivity contribution < 1.29 is 4.74 Å². The number of benzene rings is 1. The van der Waals surface area contributed by atoms with E-state index in [0.29, 0.717) is 6.54 Å². The Hall–Kier alpha value is -1.86. The van der Waals surface area contributed by atoms with Crippen molar-refractivity contribution in [2.45, 2.75) is 17.5 Å². The van der Waals surface area contributed by atoms with Crippen LogP contribution in [0, 0.1) is 0 Å². The third-order valence-electron chi connectivity index (χ3n) is 2.89. The largest absolute Gasteiger partial charge is 0.497 e. The molecule has 3 aromatic rings. The van der Waals surface area contributed by atoms with Gasteiger partial charge in [-0.15, -0.1) is 16.4 Å². The molecule has 0 unspecified atom stereocenters. The second-order valence-electron chi connectivity index (χ2n) is 4.34. The highest BCUT2D eigenvalue weighted by Crippen LogP contribution is 2.23. The quantitative estimate of drug-likeness (QED) is 0.654. The second kappa shape index (κ2) is 6.73. The SMILES string of the molecule is COc1cccc(CSc2nnnn2Cc2cccs2)c1. The molecular formula is C14H14N4OS2. The number of tetrazole rings is 1. The Balaban J connectivity index is 1.66. The number of rotatable bonds is 6. The van der Waals surface area contributed by atoms with Gasteiger partial charge in [0, 0.05) is 10.6 Å². The van der Waals surface area contributed by atoms with Crippen molar-refractivity contribution in [1.29, 1.82) is 0 Å². The number of hydrogen-bond donors (Lipinski definition) is 0. The van der Waals surface area contributed by atoms with Crippen LogP contribution in [0.5, 0.6) is 5.75 Å². The fourth-order valence-corrected chi connectivity index (χ4v) is 3.36. The topological polar surface area (TPSA) is 52.8 Å². The average molecular weight is 318 g/mol. The first-order valence-electron chi connectivity index (χ1n) is 6.39. The van der Waals surface area contributed by atoms with Gasteiger partial charge in [-0.3, -0.25) is 0 Å². The average Bonchev–Trinajstić information content (AvgIpc) is 3.18. The van der Waals surface area contributed by atoms with Crippen molar-refractivity contribution >= 4 is 23.1 Å². The van der Waals surface area contributed by atoms with Crippen LogP contribution in [0.3, 0.4) is 0 Å². The van der Waals surface area contributed by atoms with E-state index in [1.165, 1.54) is 10.4 Å². The van der Waals surface area contributed by atoms with Gasteiger partial charge in [-0.2, -0.15) is 0 Å². The summed E-state index contributed by atoms with van der Waals surface area (Å²) in [5.41, 5.74) is 1.19. The van der Waals surface area contributed by atoms with Crippen LogP contribution in [0.2, 0.25) is 0 Å². The molecule has 0 saturated heterocycles. The Labute approximate surface area is 131 Å². The molecule has 7 heteroatoms. The Morgan fingerprint density at radius 3 is 3.05 bits per heavy atom. The number of methoxy groups -OCH3 is 1. The smallest absolute Gasteiger partial charge is 0.209 e. The maximum Gasteiger partial charge on any atom is 0.209 e. The summed E-state index contributed by atoms with van der Waals surface area (Å²) < 4.78 is 7.06. The van der Waals surface area contributed by atoms with E-state index in [9.17, 15) is 0 Å². The van der Waals surface area contributed by atoms with Crippen LogP contribution >= 0.6 is 23.1 Å². The highest BCUT2D eigenvalue weighted by molar-refractivity contribution is 7.98. The molecule has 2 aromatic heterocycles. The molecule has 0 aliphatic carbocycles. The van der Waals surface area contributed by atoms with Crippen LogP contribution in [0.1, 0.15) is 10.4 Å². The fourth-order valence-electron chi connectivity index (χ4n) is 1.86. The number of nitrogens with zero attached hydrogens (tertiary/aromatic N) is 4. The molecule has 0 N–H and O–H groups in total. The Bertz CT molecular complexity index is 697. The van der Waals surface area contributed by atoms with E-state index in [1.54, 1.807) is 30.2 Å². The van der Waals surface area contributed by atoms with E-state index < -0.39 is 0 Å². The van der Waals surface area contributed by atoms with Crippen molar-refractivity contribution in [3.05, 3.63) is 52.2 Å². The van der Waals surface area contributed by atoms with E-state index in [1.807, 2.05) is 28.9 Å². The van der Waals surface area contributed by atoms with E-state index in [0.717, 1.165) is 16.7 Å². The normalized spacial score (nSPS) is 10.7. The lowest BCUT2D eigenvalue weighted by Crippen LogP contribution is -2.02. The number of ether oxygens (including phenoxy) is 1. The van der Waals surface area contributed by atoms with Gasteiger partial charge in [0.05, 0.1) is 13.7 Å². The van der Waals surface area contributed by atoms with Gasteiger partial charge in [0.2, 0.25) is 5.16 Å². The van der Waals surface area contributed by atoms with Crippen LogP contribution in [0.15, 0.2) is 46.9 Å². The van der Waals surface area contributed by atoms with E-state index in [2.05, 4.69) is 33.0 Å². The van der Waals surface area contributed by atoms with Crippen molar-refractivity contribution in [3.8, 4) is 5.75 Å². The second-order valence-corrected chi connectivity index (χ2v) is 6.31. The van der Waals surface area contributed by atoms with Gasteiger partial charge < -0.3 is 4.74 Å². The molecule has 0 bridgehead atoms. The van der Waals surface area contributed by atoms with Gasteiger partial charge in [0.25, 0.3) is 0 Å². The molecule has 3 rings (SSSR count). The zero-order chi connectivity index (χ0) is 14.5. The molecule has 2 heterocycles. The maximum atomic E-state index is 5.23. The first kappa shape index (κ1) is 14.1. The third-order valence-corrected chi connectivity index (χ3v) is 4.78. The predicted molar refractivity (Wildman–Crippen MR) is 83.8 cm³/mol. The monoisotopic (exact) mass is 318 g/mol. The van der Waals surface area contributed by atoms with Crippen molar-refractivity contribution in [2.75, 3.05) is 7.11 Å². The molecule has 21 heavy (non-hydrogen) atoms. The minimum absolute atomic E-state index is 0.713. The molecule has 0 amide bonds. The maximum absolute atomic E-state index is 5.23. The highest BCUT2D eigenvalue weighted by atomic mass is 32.2. The summed E-state index contributed by atoms with van der Waals surface area (Å²) in [6, 6.07) is 12.2. The van der Waals surface area contributed by atoms with E-state index >= 15 is 0 Å². The van der Waals surface area contributed by atoms with E-state index in [-0.39, 0.29) is 0 Å². The van der Waals surface area contributed by atoms with Crippen molar-refractivity contribution in [2.24, 2.45) is 0 Å². The van der Waals surface area contributed by atoms with Crippen LogP contribution in [-0.2, 0) is 12.3 Å². The van der Waals surface area contributed by atoms with Crippen LogP contribution < -0.4 is 4.74 Å². The minimum atomic E-state index is 0.713. The number of aromatic nitrogens is 4. The zero-order valence-corrected chi connectivity index (χ0v) is 13.1. The lowest BCUT2D eigenvalue weighted by atomic mass is 10.2. The number of thiophene rings is 1. The van der Waals surface area contributed by atoms with Crippen molar-refractivity contribution in [3.63, 3.8) is 0 Å². The molecule has 108 valence electrons. The minimum Gasteiger partial charge on any atom is -0.497 e. The molecule has 0 atom stereocenters. The third kappa shape index (κ3) is 3.62. The molecule has 0 saturated carbocycles. The molecule has 1 aromatic carbocycles. The highest BCUT2D eigenvalue weighted by Gasteiger charge is 2.08. The summed E-state index contributed by atoms with van der Waals surface area (Å²) in [6.07, 6.45) is 0. The molecule has 0 aliphatic heterocycles. The van der Waals surface area contributed by atoms with Crippen LogP contribution in [-0.4, -0.2) is 27.3 Å².